The van der Waals surface area contributed by atoms with Gasteiger partial charge < -0.3 is 4.90 Å². The van der Waals surface area contributed by atoms with Crippen LogP contribution in [0.25, 0.3) is 43.8 Å². The lowest BCUT2D eigenvalue weighted by atomic mass is 9.81. The quantitative estimate of drug-likeness (QED) is 0.216. The maximum absolute atomic E-state index is 2.49. The zero-order valence-corrected chi connectivity index (χ0v) is 23.9. The van der Waals surface area contributed by atoms with E-state index in [4.69, 9.17) is 0 Å². The fourth-order valence-electron chi connectivity index (χ4n) is 7.01. The summed E-state index contributed by atoms with van der Waals surface area (Å²) in [5, 5.41) is 4.99. The molecule has 0 unspecified atom stereocenters. The van der Waals surface area contributed by atoms with Crippen LogP contribution in [0.4, 0.5) is 17.1 Å². The van der Waals surface area contributed by atoms with Crippen molar-refractivity contribution in [3.63, 3.8) is 0 Å². The molecule has 0 bridgehead atoms. The van der Waals surface area contributed by atoms with Crippen LogP contribution in [0.2, 0.25) is 0 Å². The van der Waals surface area contributed by atoms with Crippen molar-refractivity contribution in [1.82, 2.24) is 0 Å². The fourth-order valence-corrected chi connectivity index (χ4v) is 7.01. The summed E-state index contributed by atoms with van der Waals surface area (Å²) in [6, 6.07) is 55.4. The van der Waals surface area contributed by atoms with Crippen LogP contribution < -0.4 is 4.90 Å². The zero-order valence-electron chi connectivity index (χ0n) is 23.9. The van der Waals surface area contributed by atoms with Crippen molar-refractivity contribution in [2.75, 3.05) is 4.90 Å². The maximum Gasteiger partial charge on any atom is 0.0540 e. The normalized spacial score (nSPS) is 13.2. The monoisotopic (exact) mass is 537 g/mol. The van der Waals surface area contributed by atoms with Crippen LogP contribution in [0.3, 0.4) is 0 Å². The van der Waals surface area contributed by atoms with Gasteiger partial charge in [-0.05, 0) is 79.9 Å². The second-order valence-electron chi connectivity index (χ2n) is 11.8. The van der Waals surface area contributed by atoms with Crippen LogP contribution in [0.5, 0.6) is 0 Å². The predicted molar refractivity (Wildman–Crippen MR) is 179 cm³/mol. The highest BCUT2D eigenvalue weighted by Gasteiger charge is 2.38. The van der Waals surface area contributed by atoms with E-state index in [2.05, 4.69) is 170 Å². The predicted octanol–water partition coefficient (Wildman–Crippen LogP) is 11.4. The van der Waals surface area contributed by atoms with E-state index in [1.54, 1.807) is 0 Å². The van der Waals surface area contributed by atoms with Crippen molar-refractivity contribution in [3.8, 4) is 22.3 Å². The largest absolute Gasteiger partial charge is 0.310 e. The number of rotatable bonds is 4. The average Bonchev–Trinajstić information content (AvgIpc) is 3.28. The van der Waals surface area contributed by atoms with Gasteiger partial charge in [0, 0.05) is 16.5 Å². The van der Waals surface area contributed by atoms with E-state index in [9.17, 15) is 0 Å². The molecule has 7 aromatic carbocycles. The number of hydrogen-bond donors (Lipinski definition) is 0. The Morgan fingerprint density at radius 1 is 0.452 bits per heavy atom. The smallest absolute Gasteiger partial charge is 0.0540 e. The van der Waals surface area contributed by atoms with Crippen molar-refractivity contribution in [2.24, 2.45) is 0 Å². The minimum absolute atomic E-state index is 0.138. The van der Waals surface area contributed by atoms with Gasteiger partial charge in [-0.25, -0.2) is 0 Å². The molecule has 0 atom stereocenters. The van der Waals surface area contributed by atoms with Crippen molar-refractivity contribution in [1.29, 1.82) is 0 Å². The van der Waals surface area contributed by atoms with E-state index in [-0.39, 0.29) is 5.41 Å². The van der Waals surface area contributed by atoms with E-state index in [0.29, 0.717) is 0 Å². The molecule has 42 heavy (non-hydrogen) atoms. The van der Waals surface area contributed by atoms with Crippen LogP contribution in [0.15, 0.2) is 152 Å². The Kier molecular flexibility index (Phi) is 5.55. The Morgan fingerprint density at radius 3 is 2.00 bits per heavy atom. The molecule has 0 saturated carbocycles. The van der Waals surface area contributed by atoms with Crippen LogP contribution in [-0.2, 0) is 5.41 Å². The minimum Gasteiger partial charge on any atom is -0.310 e. The van der Waals surface area contributed by atoms with E-state index in [1.807, 2.05) is 0 Å². The van der Waals surface area contributed by atoms with E-state index >= 15 is 0 Å². The van der Waals surface area contributed by atoms with Crippen LogP contribution in [0, 0.1) is 0 Å². The van der Waals surface area contributed by atoms with E-state index in [1.165, 1.54) is 66.3 Å². The van der Waals surface area contributed by atoms with Gasteiger partial charge in [-0.3, -0.25) is 0 Å². The van der Waals surface area contributed by atoms with Gasteiger partial charge in [0.05, 0.1) is 11.4 Å². The first-order chi connectivity index (χ1) is 20.6. The van der Waals surface area contributed by atoms with Gasteiger partial charge in [0.15, 0.2) is 0 Å². The summed E-state index contributed by atoms with van der Waals surface area (Å²) in [5.41, 5.74) is 11.3. The lowest BCUT2D eigenvalue weighted by molar-refractivity contribution is 0.661. The van der Waals surface area contributed by atoms with Crippen molar-refractivity contribution < 1.29 is 0 Å². The molecule has 1 aliphatic rings. The van der Waals surface area contributed by atoms with E-state index in [0.717, 1.165) is 5.69 Å². The van der Waals surface area contributed by atoms with Gasteiger partial charge in [-0.15, -0.1) is 0 Å². The number of fused-ring (bicyclic) bond motifs is 5. The molecule has 0 fully saturated rings. The first kappa shape index (κ1) is 24.6. The van der Waals surface area contributed by atoms with Gasteiger partial charge in [0.1, 0.15) is 0 Å². The molecule has 1 heteroatoms. The third kappa shape index (κ3) is 3.78. The van der Waals surface area contributed by atoms with Crippen LogP contribution in [0.1, 0.15) is 25.0 Å². The Labute approximate surface area is 247 Å². The van der Waals surface area contributed by atoms with Gasteiger partial charge in [-0.2, -0.15) is 0 Å². The molecule has 0 radical (unpaired) electrons. The highest BCUT2D eigenvalue weighted by Crippen LogP contribution is 2.54. The summed E-state index contributed by atoms with van der Waals surface area (Å²) in [4.78, 5) is 2.49. The molecule has 0 saturated heterocycles. The molecule has 0 aliphatic heterocycles. The Bertz CT molecular complexity index is 2130. The third-order valence-corrected chi connectivity index (χ3v) is 8.99. The number of benzene rings is 7. The summed E-state index contributed by atoms with van der Waals surface area (Å²) >= 11 is 0. The molecule has 1 nitrogen and oxygen atoms in total. The number of anilines is 3. The molecule has 0 heterocycles. The molecular weight excluding hydrogens is 506 g/mol. The summed E-state index contributed by atoms with van der Waals surface area (Å²) in [6.45, 7) is 4.74. The van der Waals surface area contributed by atoms with Crippen LogP contribution in [-0.4, -0.2) is 0 Å². The zero-order chi connectivity index (χ0) is 28.3. The van der Waals surface area contributed by atoms with Gasteiger partial charge >= 0.3 is 0 Å². The first-order valence-corrected chi connectivity index (χ1v) is 14.7. The average molecular weight is 538 g/mol. The van der Waals surface area contributed by atoms with Crippen molar-refractivity contribution in [3.05, 3.63) is 163 Å². The summed E-state index contributed by atoms with van der Waals surface area (Å²) in [5.74, 6) is 0. The SMILES string of the molecule is CC1(C)c2ccccc2-c2cccc(N(c3cccc(-c4ccc5ccccc5c4)c3)c3cccc4ccccc34)c21. The highest BCUT2D eigenvalue weighted by atomic mass is 15.1. The Hall–Kier alpha value is -5.14. The second kappa shape index (κ2) is 9.46. The highest BCUT2D eigenvalue weighted by molar-refractivity contribution is 6.01. The molecule has 0 amide bonds. The number of nitrogens with zero attached hydrogens (tertiary/aromatic N) is 1. The lowest BCUT2D eigenvalue weighted by Gasteiger charge is -2.33. The first-order valence-electron chi connectivity index (χ1n) is 14.7. The summed E-state index contributed by atoms with van der Waals surface area (Å²) < 4.78 is 0. The van der Waals surface area contributed by atoms with Gasteiger partial charge in [0.25, 0.3) is 0 Å². The van der Waals surface area contributed by atoms with Crippen molar-refractivity contribution >= 4 is 38.6 Å². The molecule has 200 valence electrons. The standard InChI is InChI=1S/C41H31N/c1-41(2)37-21-8-7-19-35(37)36-20-11-23-39(40(36)41)42(38-22-10-15-29-13-5-6-18-34(29)38)33-17-9-16-31(27-33)32-25-24-28-12-3-4-14-30(28)26-32/h3-27H,1-2H3. The van der Waals surface area contributed by atoms with Gasteiger partial charge in [0.2, 0.25) is 0 Å². The molecule has 8 rings (SSSR count). The molecule has 7 aromatic rings. The minimum atomic E-state index is -0.138. The summed E-state index contributed by atoms with van der Waals surface area (Å²) in [7, 11) is 0. The van der Waals surface area contributed by atoms with Crippen molar-refractivity contribution in [2.45, 2.75) is 19.3 Å². The summed E-state index contributed by atoms with van der Waals surface area (Å²) in [6.07, 6.45) is 0. The Balaban J connectivity index is 1.39. The fraction of sp³-hybridized carbons (Fsp3) is 0.0732. The third-order valence-electron chi connectivity index (χ3n) is 8.99. The molecule has 0 spiro atoms. The number of hydrogen-bond acceptors (Lipinski definition) is 1. The molecular formula is C41H31N. The lowest BCUT2D eigenvalue weighted by Crippen LogP contribution is -2.20. The van der Waals surface area contributed by atoms with Gasteiger partial charge in [-0.1, -0.05) is 135 Å². The second-order valence-corrected chi connectivity index (χ2v) is 11.8. The topological polar surface area (TPSA) is 3.24 Å². The van der Waals surface area contributed by atoms with Crippen LogP contribution >= 0.6 is 0 Å². The maximum atomic E-state index is 2.49. The van der Waals surface area contributed by atoms with E-state index < -0.39 is 0 Å². The molecule has 0 aromatic heterocycles. The molecule has 0 N–H and O–H groups in total. The Morgan fingerprint density at radius 2 is 1.10 bits per heavy atom. The molecule has 1 aliphatic carbocycles.